The van der Waals surface area contributed by atoms with Crippen LogP contribution in [0, 0.1) is 5.92 Å². The number of nitrogens with two attached hydrogens (primary N) is 1. The van der Waals surface area contributed by atoms with Crippen LogP contribution in [0.4, 0.5) is 5.82 Å². The number of ether oxygens (including phenoxy) is 3. The maximum atomic E-state index is 14.2. The molecule has 1 saturated carbocycles. The van der Waals surface area contributed by atoms with Gasteiger partial charge in [-0.3, -0.25) is 14.1 Å². The maximum Gasteiger partial charge on any atom is 0.459 e. The SMILES string of the molecule is CC(C)C(=O)O[C@]1(c2ccc3c(N)ncnn23)CO[C@](C)(CO[P@@](=O)(N[C@@H](C)C(=O)OC2CCCCC2)Oc2ccccc2)[C@H]1O. The summed E-state index contributed by atoms with van der Waals surface area (Å²) in [6.07, 6.45) is 4.11. The highest BCUT2D eigenvalue weighted by molar-refractivity contribution is 7.52. The Morgan fingerprint density at radius 1 is 1.13 bits per heavy atom. The van der Waals surface area contributed by atoms with Gasteiger partial charge in [0.2, 0.25) is 5.60 Å². The highest BCUT2D eigenvalue weighted by Crippen LogP contribution is 2.49. The molecule has 4 N–H and O–H groups in total. The number of esters is 2. The third kappa shape index (κ3) is 7.06. The molecule has 1 aliphatic carbocycles. The number of fused-ring (bicyclic) bond motifs is 1. The first-order valence-electron chi connectivity index (χ1n) is 15.5. The highest BCUT2D eigenvalue weighted by Gasteiger charge is 2.61. The van der Waals surface area contributed by atoms with Crippen molar-refractivity contribution in [2.45, 2.75) is 89.3 Å². The van der Waals surface area contributed by atoms with Gasteiger partial charge in [-0.2, -0.15) is 10.2 Å². The molecule has 1 aromatic carbocycles. The quantitative estimate of drug-likeness (QED) is 0.188. The zero-order valence-corrected chi connectivity index (χ0v) is 27.4. The summed E-state index contributed by atoms with van der Waals surface area (Å²) in [4.78, 5) is 30.0. The number of nitrogens with one attached hydrogen (secondary N) is 1. The first-order chi connectivity index (χ1) is 21.9. The van der Waals surface area contributed by atoms with Crippen LogP contribution in [-0.4, -0.2) is 68.7 Å². The Morgan fingerprint density at radius 2 is 1.85 bits per heavy atom. The van der Waals surface area contributed by atoms with E-state index in [1.165, 1.54) is 24.7 Å². The van der Waals surface area contributed by atoms with Crippen molar-refractivity contribution in [1.82, 2.24) is 19.7 Å². The van der Waals surface area contributed by atoms with E-state index in [1.807, 2.05) is 0 Å². The molecular formula is C31H42N5O9P. The van der Waals surface area contributed by atoms with Crippen molar-refractivity contribution < 1.29 is 42.5 Å². The molecule has 0 amide bonds. The Hall–Kier alpha value is -3.55. The van der Waals surface area contributed by atoms with Gasteiger partial charge >= 0.3 is 19.7 Å². The number of hydrogen-bond donors (Lipinski definition) is 3. The summed E-state index contributed by atoms with van der Waals surface area (Å²) in [6, 6.07) is 10.6. The number of aromatic nitrogens is 3. The van der Waals surface area contributed by atoms with Crippen molar-refractivity contribution in [2.24, 2.45) is 5.92 Å². The molecule has 250 valence electrons. The molecule has 2 fully saturated rings. The summed E-state index contributed by atoms with van der Waals surface area (Å²) in [7, 11) is -4.31. The van der Waals surface area contributed by atoms with E-state index in [-0.39, 0.29) is 24.3 Å². The first kappa shape index (κ1) is 33.8. The molecule has 2 aliphatic rings. The average Bonchev–Trinajstić information content (AvgIpc) is 3.58. The third-order valence-corrected chi connectivity index (χ3v) is 9.96. The molecule has 0 radical (unpaired) electrons. The fourth-order valence-corrected chi connectivity index (χ4v) is 7.21. The van der Waals surface area contributed by atoms with Crippen molar-refractivity contribution in [3.8, 4) is 5.75 Å². The molecule has 1 saturated heterocycles. The van der Waals surface area contributed by atoms with Crippen LogP contribution >= 0.6 is 7.75 Å². The van der Waals surface area contributed by atoms with Gasteiger partial charge < -0.3 is 29.6 Å². The smallest absolute Gasteiger partial charge is 0.459 e. The Kier molecular flexibility index (Phi) is 10.0. The van der Waals surface area contributed by atoms with Crippen LogP contribution in [0.3, 0.4) is 0 Å². The molecule has 0 spiro atoms. The van der Waals surface area contributed by atoms with Gasteiger partial charge in [0.05, 0.1) is 24.8 Å². The molecule has 15 heteroatoms. The Balaban J connectivity index is 1.40. The van der Waals surface area contributed by atoms with Crippen molar-refractivity contribution in [1.29, 1.82) is 0 Å². The van der Waals surface area contributed by atoms with Gasteiger partial charge in [-0.15, -0.1) is 0 Å². The Bertz CT molecular complexity index is 1580. The molecular weight excluding hydrogens is 617 g/mol. The van der Waals surface area contributed by atoms with E-state index in [1.54, 1.807) is 56.3 Å². The van der Waals surface area contributed by atoms with E-state index in [0.29, 0.717) is 11.2 Å². The summed E-state index contributed by atoms with van der Waals surface area (Å²) in [6.45, 7) is 5.61. The Labute approximate surface area is 267 Å². The number of carbonyl (C=O) groups is 2. The second kappa shape index (κ2) is 13.7. The highest BCUT2D eigenvalue weighted by atomic mass is 31.2. The minimum atomic E-state index is -4.31. The van der Waals surface area contributed by atoms with Crippen molar-refractivity contribution in [2.75, 3.05) is 18.9 Å². The van der Waals surface area contributed by atoms with Gasteiger partial charge in [-0.1, -0.05) is 38.5 Å². The van der Waals surface area contributed by atoms with Crippen LogP contribution in [0.25, 0.3) is 5.52 Å². The fourth-order valence-electron chi connectivity index (χ4n) is 5.63. The minimum Gasteiger partial charge on any atom is -0.461 e. The second-order valence-corrected chi connectivity index (χ2v) is 14.0. The molecule has 0 bridgehead atoms. The van der Waals surface area contributed by atoms with Crippen LogP contribution in [0.5, 0.6) is 5.75 Å². The van der Waals surface area contributed by atoms with E-state index in [0.717, 1.165) is 32.1 Å². The molecule has 2 aromatic heterocycles. The Morgan fingerprint density at radius 3 is 2.54 bits per heavy atom. The lowest BCUT2D eigenvalue weighted by molar-refractivity contribution is -0.177. The number of para-hydroxylation sites is 1. The largest absolute Gasteiger partial charge is 0.461 e. The number of aliphatic hydroxyl groups is 1. The van der Waals surface area contributed by atoms with Gasteiger partial charge in [0.15, 0.2) is 5.82 Å². The van der Waals surface area contributed by atoms with E-state index in [2.05, 4.69) is 15.2 Å². The zero-order chi connectivity index (χ0) is 33.1. The molecule has 46 heavy (non-hydrogen) atoms. The van der Waals surface area contributed by atoms with Crippen LogP contribution in [0.1, 0.15) is 65.5 Å². The molecule has 0 unspecified atom stereocenters. The molecule has 5 rings (SSSR count). The van der Waals surface area contributed by atoms with Crippen LogP contribution in [-0.2, 0) is 38.5 Å². The van der Waals surface area contributed by atoms with E-state index in [4.69, 9.17) is 29.0 Å². The zero-order valence-electron chi connectivity index (χ0n) is 26.5. The molecule has 3 heterocycles. The number of nitrogens with zero attached hydrogens (tertiary/aromatic N) is 3. The van der Waals surface area contributed by atoms with Gasteiger partial charge in [-0.05, 0) is 63.8 Å². The van der Waals surface area contributed by atoms with Gasteiger partial charge in [0, 0.05) is 0 Å². The number of aliphatic hydroxyl groups excluding tert-OH is 1. The van der Waals surface area contributed by atoms with Gasteiger partial charge in [0.25, 0.3) is 0 Å². The van der Waals surface area contributed by atoms with Crippen LogP contribution in [0.2, 0.25) is 0 Å². The lowest BCUT2D eigenvalue weighted by Crippen LogP contribution is -2.52. The molecule has 3 aromatic rings. The van der Waals surface area contributed by atoms with Crippen molar-refractivity contribution in [3.05, 3.63) is 54.5 Å². The van der Waals surface area contributed by atoms with Gasteiger partial charge in [0.1, 0.15) is 41.4 Å². The van der Waals surface area contributed by atoms with Crippen molar-refractivity contribution >= 4 is 31.0 Å². The lowest BCUT2D eigenvalue weighted by Gasteiger charge is -2.35. The summed E-state index contributed by atoms with van der Waals surface area (Å²) in [5, 5.41) is 18.9. The maximum absolute atomic E-state index is 14.2. The molecule has 5 atom stereocenters. The topological polar surface area (TPSA) is 186 Å². The number of anilines is 1. The number of rotatable bonds is 12. The van der Waals surface area contributed by atoms with E-state index >= 15 is 0 Å². The monoisotopic (exact) mass is 659 g/mol. The molecule has 1 aliphatic heterocycles. The first-order valence-corrected chi connectivity index (χ1v) is 17.0. The van der Waals surface area contributed by atoms with E-state index in [9.17, 15) is 19.3 Å². The standard InChI is InChI=1S/C31H42N5O9P/c1-20(2)27(37)44-31(25-16-15-24-26(32)33-19-34-36(24)25)18-41-30(4,29(31)39)17-42-46(40,45-23-13-9-6-10-14-23)35-21(3)28(38)43-22-11-7-5-8-12-22/h6,9-10,13-16,19-22,29,39H,5,7-8,11-12,17-18H2,1-4H3,(H,35,40)(H2,32,33,34)/t21-,29+,30+,31-,46-/m0/s1. The van der Waals surface area contributed by atoms with Crippen molar-refractivity contribution in [3.63, 3.8) is 0 Å². The number of benzene rings is 1. The number of carbonyl (C=O) groups excluding carboxylic acids is 2. The van der Waals surface area contributed by atoms with Gasteiger partial charge in [-0.25, -0.2) is 14.1 Å². The predicted molar refractivity (Wildman–Crippen MR) is 167 cm³/mol. The minimum absolute atomic E-state index is 0.187. The molecule has 14 nitrogen and oxygen atoms in total. The summed E-state index contributed by atoms with van der Waals surface area (Å²) < 4.78 is 45.1. The lowest BCUT2D eigenvalue weighted by atomic mass is 9.86. The fraction of sp³-hybridized carbons (Fsp3) is 0.548. The number of nitrogen functional groups attached to an aromatic ring is 1. The third-order valence-electron chi connectivity index (χ3n) is 8.34. The summed E-state index contributed by atoms with van der Waals surface area (Å²) in [5.41, 5.74) is 3.45. The normalized spacial score (nSPS) is 25.7. The summed E-state index contributed by atoms with van der Waals surface area (Å²) in [5.74, 6) is -1.29. The second-order valence-electron chi connectivity index (χ2n) is 12.4. The van der Waals surface area contributed by atoms with Crippen LogP contribution < -0.4 is 15.3 Å². The number of hydrogen-bond acceptors (Lipinski definition) is 12. The average molecular weight is 660 g/mol. The van der Waals surface area contributed by atoms with E-state index < -0.39 is 55.6 Å². The van der Waals surface area contributed by atoms with Crippen LogP contribution in [0.15, 0.2) is 48.8 Å². The summed E-state index contributed by atoms with van der Waals surface area (Å²) >= 11 is 0. The predicted octanol–water partition coefficient (Wildman–Crippen LogP) is 3.91.